The van der Waals surface area contributed by atoms with Crippen molar-refractivity contribution in [1.29, 1.82) is 0 Å². The van der Waals surface area contributed by atoms with E-state index in [1.807, 2.05) is 6.92 Å². The van der Waals surface area contributed by atoms with Crippen molar-refractivity contribution in [2.45, 2.75) is 20.4 Å². The van der Waals surface area contributed by atoms with E-state index in [0.29, 0.717) is 23.7 Å². The molecule has 0 amide bonds. The molecule has 29 heavy (non-hydrogen) atoms. The highest BCUT2D eigenvalue weighted by atomic mass is 16.4. The fourth-order valence-corrected chi connectivity index (χ4v) is 3.55. The molecule has 10 nitrogen and oxygen atoms in total. The van der Waals surface area contributed by atoms with Gasteiger partial charge in [0.25, 0.3) is 5.56 Å². The number of pyridine rings is 1. The molecule has 1 aromatic carbocycles. The van der Waals surface area contributed by atoms with Crippen molar-refractivity contribution in [3.63, 3.8) is 0 Å². The number of hydrogen-bond donors (Lipinski definition) is 1. The lowest BCUT2D eigenvalue weighted by atomic mass is 10.2. The Bertz CT molecular complexity index is 1370. The molecule has 0 bridgehead atoms. The molecule has 10 heteroatoms. The summed E-state index contributed by atoms with van der Waals surface area (Å²) in [5, 5.41) is 13.9. The summed E-state index contributed by atoms with van der Waals surface area (Å²) in [6.45, 7) is 3.92. The van der Waals surface area contributed by atoms with Gasteiger partial charge in [-0.05, 0) is 44.2 Å². The van der Waals surface area contributed by atoms with Gasteiger partial charge in [0.2, 0.25) is 0 Å². The van der Waals surface area contributed by atoms with Crippen molar-refractivity contribution in [3.05, 3.63) is 68.9 Å². The van der Waals surface area contributed by atoms with Gasteiger partial charge in [-0.25, -0.2) is 28.5 Å². The van der Waals surface area contributed by atoms with Crippen molar-refractivity contribution in [2.75, 3.05) is 0 Å². The Morgan fingerprint density at radius 3 is 2.31 bits per heavy atom. The van der Waals surface area contributed by atoms with Crippen LogP contribution < -0.4 is 11.2 Å². The number of aryl methyl sites for hydroxylation is 3. The standard InChI is InChI=1S/C19H18N6O4/c1-4-23-16-14(9-10-20-15(16)18(27)28)17(26)25(23)13-7-5-12(6-8-13)24-11(2)21-22(3)19(24)29/h5-10H,4H2,1-3H3,(H,27,28). The smallest absolute Gasteiger partial charge is 0.356 e. The minimum atomic E-state index is -1.20. The fourth-order valence-electron chi connectivity index (χ4n) is 3.55. The third kappa shape index (κ3) is 2.68. The highest BCUT2D eigenvalue weighted by molar-refractivity contribution is 5.99. The molecule has 0 spiro atoms. The molecule has 1 N–H and O–H groups in total. The van der Waals surface area contributed by atoms with E-state index in [2.05, 4.69) is 10.1 Å². The van der Waals surface area contributed by atoms with E-state index < -0.39 is 5.97 Å². The number of carboxylic acid groups (broad SMARTS) is 1. The molecule has 0 saturated carbocycles. The summed E-state index contributed by atoms with van der Waals surface area (Å²) in [6.07, 6.45) is 1.32. The minimum Gasteiger partial charge on any atom is -0.476 e. The first-order valence-corrected chi connectivity index (χ1v) is 8.92. The predicted octanol–water partition coefficient (Wildman–Crippen LogP) is 1.10. The van der Waals surface area contributed by atoms with Gasteiger partial charge in [-0.1, -0.05) is 0 Å². The van der Waals surface area contributed by atoms with E-state index in [-0.39, 0.29) is 27.8 Å². The highest BCUT2D eigenvalue weighted by Gasteiger charge is 2.21. The maximum Gasteiger partial charge on any atom is 0.356 e. The van der Waals surface area contributed by atoms with Crippen molar-refractivity contribution in [1.82, 2.24) is 28.7 Å². The summed E-state index contributed by atoms with van der Waals surface area (Å²) in [5.41, 5.74) is 0.652. The second kappa shape index (κ2) is 6.59. The molecule has 4 aromatic rings. The van der Waals surface area contributed by atoms with Gasteiger partial charge in [0.1, 0.15) is 11.3 Å². The van der Waals surface area contributed by atoms with E-state index in [1.165, 1.54) is 26.2 Å². The van der Waals surface area contributed by atoms with Crippen LogP contribution in [-0.2, 0) is 13.6 Å². The molecule has 4 rings (SSSR count). The van der Waals surface area contributed by atoms with Gasteiger partial charge < -0.3 is 5.11 Å². The van der Waals surface area contributed by atoms with Gasteiger partial charge in [-0.2, -0.15) is 5.10 Å². The molecule has 0 radical (unpaired) electrons. The van der Waals surface area contributed by atoms with E-state index >= 15 is 0 Å². The average molecular weight is 394 g/mol. The Morgan fingerprint density at radius 1 is 1.10 bits per heavy atom. The van der Waals surface area contributed by atoms with E-state index in [0.717, 1.165) is 0 Å². The molecule has 148 valence electrons. The molecular weight excluding hydrogens is 376 g/mol. The molecule has 0 aliphatic carbocycles. The summed E-state index contributed by atoms with van der Waals surface area (Å²) in [5.74, 6) is -0.654. The number of rotatable bonds is 4. The molecule has 3 heterocycles. The van der Waals surface area contributed by atoms with Crippen LogP contribution in [0.2, 0.25) is 0 Å². The number of carboxylic acids is 1. The number of carbonyl (C=O) groups is 1. The lowest BCUT2D eigenvalue weighted by molar-refractivity contribution is 0.0692. The van der Waals surface area contributed by atoms with Crippen LogP contribution in [0.3, 0.4) is 0 Å². The largest absolute Gasteiger partial charge is 0.476 e. The first-order chi connectivity index (χ1) is 13.8. The monoisotopic (exact) mass is 394 g/mol. The zero-order valence-corrected chi connectivity index (χ0v) is 16.0. The zero-order valence-electron chi connectivity index (χ0n) is 16.0. The molecule has 0 fully saturated rings. The quantitative estimate of drug-likeness (QED) is 0.554. The van der Waals surface area contributed by atoms with E-state index in [1.54, 1.807) is 42.9 Å². The summed E-state index contributed by atoms with van der Waals surface area (Å²) in [6, 6.07) is 8.35. The van der Waals surface area contributed by atoms with Crippen LogP contribution in [0, 0.1) is 6.92 Å². The molecule has 0 unspecified atom stereocenters. The minimum absolute atomic E-state index is 0.172. The van der Waals surface area contributed by atoms with Gasteiger partial charge in [0.05, 0.1) is 16.8 Å². The number of hydrogen-bond acceptors (Lipinski definition) is 5. The summed E-state index contributed by atoms with van der Waals surface area (Å²) in [4.78, 5) is 40.8. The Kier molecular flexibility index (Phi) is 4.18. The molecular formula is C19H18N6O4. The number of nitrogens with zero attached hydrogens (tertiary/aromatic N) is 6. The number of aromatic nitrogens is 6. The Morgan fingerprint density at radius 2 is 1.76 bits per heavy atom. The van der Waals surface area contributed by atoms with Crippen LogP contribution in [0.4, 0.5) is 0 Å². The molecule has 3 aromatic heterocycles. The first-order valence-electron chi connectivity index (χ1n) is 8.92. The average Bonchev–Trinajstić information content (AvgIpc) is 3.14. The summed E-state index contributed by atoms with van der Waals surface area (Å²) in [7, 11) is 1.58. The Balaban J connectivity index is 1.93. The third-order valence-corrected chi connectivity index (χ3v) is 4.79. The highest BCUT2D eigenvalue weighted by Crippen LogP contribution is 2.19. The van der Waals surface area contributed by atoms with Gasteiger partial charge in [0.15, 0.2) is 5.69 Å². The second-order valence-electron chi connectivity index (χ2n) is 6.50. The zero-order chi connectivity index (χ0) is 20.9. The summed E-state index contributed by atoms with van der Waals surface area (Å²) >= 11 is 0. The number of aromatic carboxylic acids is 1. The Hall–Kier alpha value is -3.95. The van der Waals surface area contributed by atoms with Gasteiger partial charge in [0, 0.05) is 19.8 Å². The molecule has 0 aliphatic heterocycles. The molecule has 0 saturated heterocycles. The van der Waals surface area contributed by atoms with Crippen molar-refractivity contribution in [3.8, 4) is 11.4 Å². The van der Waals surface area contributed by atoms with Crippen molar-refractivity contribution in [2.24, 2.45) is 7.05 Å². The summed E-state index contributed by atoms with van der Waals surface area (Å²) < 4.78 is 5.73. The normalized spacial score (nSPS) is 11.3. The van der Waals surface area contributed by atoms with E-state index in [9.17, 15) is 19.5 Å². The third-order valence-electron chi connectivity index (χ3n) is 4.79. The van der Waals surface area contributed by atoms with Crippen molar-refractivity contribution >= 4 is 16.9 Å². The van der Waals surface area contributed by atoms with Crippen LogP contribution in [0.5, 0.6) is 0 Å². The fraction of sp³-hybridized carbons (Fsp3) is 0.211. The first kappa shape index (κ1) is 18.4. The molecule has 0 atom stereocenters. The predicted molar refractivity (Wildman–Crippen MR) is 105 cm³/mol. The van der Waals surface area contributed by atoms with Gasteiger partial charge in [-0.3, -0.25) is 9.48 Å². The molecule has 0 aliphatic rings. The maximum atomic E-state index is 13.0. The van der Waals surface area contributed by atoms with Crippen LogP contribution in [0.1, 0.15) is 23.2 Å². The van der Waals surface area contributed by atoms with Crippen LogP contribution in [0.15, 0.2) is 46.1 Å². The van der Waals surface area contributed by atoms with E-state index in [4.69, 9.17) is 0 Å². The van der Waals surface area contributed by atoms with Crippen molar-refractivity contribution < 1.29 is 9.90 Å². The topological polar surface area (TPSA) is 117 Å². The lowest BCUT2D eigenvalue weighted by Gasteiger charge is -2.12. The lowest BCUT2D eigenvalue weighted by Crippen LogP contribution is -2.22. The van der Waals surface area contributed by atoms with Crippen LogP contribution >= 0.6 is 0 Å². The van der Waals surface area contributed by atoms with Crippen LogP contribution in [-0.4, -0.2) is 39.8 Å². The number of fused-ring (bicyclic) bond motifs is 1. The maximum absolute atomic E-state index is 13.0. The SMILES string of the molecule is CCn1c2c(C(=O)O)nccc2c(=O)n1-c1ccc(-n2c(C)nn(C)c2=O)cc1. The van der Waals surface area contributed by atoms with Gasteiger partial charge in [-0.15, -0.1) is 0 Å². The van der Waals surface area contributed by atoms with Gasteiger partial charge >= 0.3 is 11.7 Å². The number of benzene rings is 1. The van der Waals surface area contributed by atoms with Crippen LogP contribution in [0.25, 0.3) is 22.3 Å². The Labute approximate surface area is 163 Å². The second-order valence-corrected chi connectivity index (χ2v) is 6.50.